The van der Waals surface area contributed by atoms with Crippen LogP contribution in [-0.4, -0.2) is 40.9 Å². The second-order valence-corrected chi connectivity index (χ2v) is 4.58. The third-order valence-electron chi connectivity index (χ3n) is 3.39. The number of morpholine rings is 1. The zero-order chi connectivity index (χ0) is 13.1. The Bertz CT molecular complexity index is 476. The van der Waals surface area contributed by atoms with Crippen molar-refractivity contribution in [2.24, 2.45) is 0 Å². The van der Waals surface area contributed by atoms with Gasteiger partial charge in [-0.05, 0) is 13.8 Å². The Morgan fingerprint density at radius 1 is 1.39 bits per heavy atom. The molecule has 0 amide bonds. The van der Waals surface area contributed by atoms with Crippen molar-refractivity contribution in [3.05, 3.63) is 27.7 Å². The van der Waals surface area contributed by atoms with Crippen molar-refractivity contribution < 1.29 is 9.84 Å². The minimum Gasteiger partial charge on any atom is -0.503 e. The van der Waals surface area contributed by atoms with Crippen molar-refractivity contribution in [3.8, 4) is 5.75 Å². The predicted octanol–water partition coefficient (Wildman–Crippen LogP) is 0.714. The topological polar surface area (TPSA) is 54.7 Å². The van der Waals surface area contributed by atoms with Crippen molar-refractivity contribution in [3.63, 3.8) is 0 Å². The van der Waals surface area contributed by atoms with Crippen molar-refractivity contribution >= 4 is 0 Å². The van der Waals surface area contributed by atoms with E-state index < -0.39 is 0 Å². The molecule has 5 nitrogen and oxygen atoms in total. The molecule has 2 rings (SSSR count). The molecular formula is C13H20N2O3. The molecule has 0 radical (unpaired) electrons. The molecule has 0 saturated carbocycles. The maximum atomic E-state index is 11.7. The van der Waals surface area contributed by atoms with E-state index in [0.717, 1.165) is 25.3 Å². The van der Waals surface area contributed by atoms with Gasteiger partial charge in [0.25, 0.3) is 0 Å². The minimum atomic E-state index is -0.291. The Labute approximate surface area is 107 Å². The Morgan fingerprint density at radius 2 is 2.06 bits per heavy atom. The van der Waals surface area contributed by atoms with E-state index in [2.05, 4.69) is 4.90 Å². The third kappa shape index (κ3) is 2.57. The first-order valence-electron chi connectivity index (χ1n) is 6.36. The van der Waals surface area contributed by atoms with Crippen LogP contribution >= 0.6 is 0 Å². The minimum absolute atomic E-state index is 0.117. The molecule has 0 spiro atoms. The van der Waals surface area contributed by atoms with Gasteiger partial charge in [-0.3, -0.25) is 9.69 Å². The second-order valence-electron chi connectivity index (χ2n) is 4.58. The van der Waals surface area contributed by atoms with Gasteiger partial charge >= 0.3 is 0 Å². The van der Waals surface area contributed by atoms with Crippen molar-refractivity contribution in [1.29, 1.82) is 0 Å². The molecule has 1 fully saturated rings. The SMILES string of the molecule is CCn1c(C)cc(=O)c(O)c1CN1CCOCC1. The standard InChI is InChI=1S/C13H20N2O3/c1-3-15-10(2)8-12(16)13(17)11(15)9-14-4-6-18-7-5-14/h8,17H,3-7,9H2,1-2H3. The van der Waals surface area contributed by atoms with E-state index in [0.29, 0.717) is 25.5 Å². The molecule has 1 aliphatic heterocycles. The van der Waals surface area contributed by atoms with Crippen LogP contribution in [0.3, 0.4) is 0 Å². The smallest absolute Gasteiger partial charge is 0.223 e. The van der Waals surface area contributed by atoms with Gasteiger partial charge in [-0.15, -0.1) is 0 Å². The van der Waals surface area contributed by atoms with Crippen LogP contribution in [0, 0.1) is 6.92 Å². The first-order valence-corrected chi connectivity index (χ1v) is 6.36. The highest BCUT2D eigenvalue weighted by Gasteiger charge is 2.17. The fraction of sp³-hybridized carbons (Fsp3) is 0.615. The van der Waals surface area contributed by atoms with Gasteiger partial charge < -0.3 is 14.4 Å². The molecule has 0 atom stereocenters. The largest absolute Gasteiger partial charge is 0.503 e. The molecular weight excluding hydrogens is 232 g/mol. The van der Waals surface area contributed by atoms with Crippen LogP contribution in [0.4, 0.5) is 0 Å². The highest BCUT2D eigenvalue weighted by Crippen LogP contribution is 2.17. The third-order valence-corrected chi connectivity index (χ3v) is 3.39. The number of hydrogen-bond acceptors (Lipinski definition) is 4. The Hall–Kier alpha value is -1.33. The first kappa shape index (κ1) is 13.1. The number of ether oxygens (including phenoxy) is 1. The summed E-state index contributed by atoms with van der Waals surface area (Å²) < 4.78 is 7.29. The van der Waals surface area contributed by atoms with Crippen LogP contribution in [0.5, 0.6) is 5.75 Å². The van der Waals surface area contributed by atoms with Gasteiger partial charge in [0.2, 0.25) is 5.43 Å². The Kier molecular flexibility index (Phi) is 4.04. The van der Waals surface area contributed by atoms with Gasteiger partial charge in [0, 0.05) is 37.9 Å². The number of aromatic hydroxyl groups is 1. The lowest BCUT2D eigenvalue weighted by Crippen LogP contribution is -2.37. The molecule has 1 saturated heterocycles. The first-order chi connectivity index (χ1) is 8.63. The van der Waals surface area contributed by atoms with Crippen molar-refractivity contribution in [2.45, 2.75) is 26.9 Å². The second kappa shape index (κ2) is 5.54. The summed E-state index contributed by atoms with van der Waals surface area (Å²) in [6.07, 6.45) is 0. The molecule has 0 unspecified atom stereocenters. The van der Waals surface area contributed by atoms with Crippen LogP contribution in [-0.2, 0) is 17.8 Å². The fourth-order valence-corrected chi connectivity index (χ4v) is 2.39. The predicted molar refractivity (Wildman–Crippen MR) is 68.9 cm³/mol. The average Bonchev–Trinajstić information content (AvgIpc) is 2.37. The molecule has 1 aromatic rings. The number of aromatic nitrogens is 1. The molecule has 2 heterocycles. The van der Waals surface area contributed by atoms with E-state index in [9.17, 15) is 9.90 Å². The van der Waals surface area contributed by atoms with E-state index in [1.54, 1.807) is 0 Å². The summed E-state index contributed by atoms with van der Waals surface area (Å²) in [6, 6.07) is 1.49. The van der Waals surface area contributed by atoms with Gasteiger partial charge in [0.1, 0.15) is 0 Å². The van der Waals surface area contributed by atoms with Crippen molar-refractivity contribution in [1.82, 2.24) is 9.47 Å². The van der Waals surface area contributed by atoms with Crippen molar-refractivity contribution in [2.75, 3.05) is 26.3 Å². The highest BCUT2D eigenvalue weighted by molar-refractivity contribution is 5.29. The summed E-state index contributed by atoms with van der Waals surface area (Å²) in [5.41, 5.74) is 1.31. The monoisotopic (exact) mass is 252 g/mol. The lowest BCUT2D eigenvalue weighted by atomic mass is 10.2. The number of nitrogens with zero attached hydrogens (tertiary/aromatic N) is 2. The van der Waals surface area contributed by atoms with Gasteiger partial charge in [-0.2, -0.15) is 0 Å². The lowest BCUT2D eigenvalue weighted by Gasteiger charge is -2.28. The number of pyridine rings is 1. The Morgan fingerprint density at radius 3 is 2.67 bits per heavy atom. The molecule has 1 N–H and O–H groups in total. The molecule has 1 aromatic heterocycles. The van der Waals surface area contributed by atoms with Crippen LogP contribution in [0.1, 0.15) is 18.3 Å². The molecule has 18 heavy (non-hydrogen) atoms. The van der Waals surface area contributed by atoms with E-state index in [1.807, 2.05) is 18.4 Å². The van der Waals surface area contributed by atoms with E-state index >= 15 is 0 Å². The average molecular weight is 252 g/mol. The van der Waals surface area contributed by atoms with E-state index in [-0.39, 0.29) is 11.2 Å². The molecule has 0 aliphatic carbocycles. The fourth-order valence-electron chi connectivity index (χ4n) is 2.39. The van der Waals surface area contributed by atoms with Crippen LogP contribution in [0.2, 0.25) is 0 Å². The van der Waals surface area contributed by atoms with Gasteiger partial charge in [-0.25, -0.2) is 0 Å². The van der Waals surface area contributed by atoms with Crippen LogP contribution in [0.25, 0.3) is 0 Å². The molecule has 0 bridgehead atoms. The highest BCUT2D eigenvalue weighted by atomic mass is 16.5. The molecule has 1 aliphatic rings. The maximum absolute atomic E-state index is 11.7. The van der Waals surface area contributed by atoms with E-state index in [1.165, 1.54) is 6.07 Å². The summed E-state index contributed by atoms with van der Waals surface area (Å²) in [5, 5.41) is 9.97. The summed E-state index contributed by atoms with van der Waals surface area (Å²) >= 11 is 0. The Balaban J connectivity index is 2.32. The van der Waals surface area contributed by atoms with Crippen LogP contribution < -0.4 is 5.43 Å². The summed E-state index contributed by atoms with van der Waals surface area (Å²) in [7, 11) is 0. The number of rotatable bonds is 3. The molecule has 5 heteroatoms. The maximum Gasteiger partial charge on any atom is 0.223 e. The molecule has 100 valence electrons. The number of aryl methyl sites for hydroxylation is 1. The normalized spacial score (nSPS) is 17.0. The zero-order valence-electron chi connectivity index (χ0n) is 11.0. The van der Waals surface area contributed by atoms with Gasteiger partial charge in [0.05, 0.1) is 18.9 Å². The summed E-state index contributed by atoms with van der Waals surface area (Å²) in [6.45, 7) is 8.36. The summed E-state index contributed by atoms with van der Waals surface area (Å²) in [5.74, 6) is -0.117. The summed E-state index contributed by atoms with van der Waals surface area (Å²) in [4.78, 5) is 13.9. The van der Waals surface area contributed by atoms with E-state index in [4.69, 9.17) is 4.74 Å². The lowest BCUT2D eigenvalue weighted by molar-refractivity contribution is 0.0327. The number of hydrogen-bond donors (Lipinski definition) is 1. The van der Waals surface area contributed by atoms with Gasteiger partial charge in [0.15, 0.2) is 5.75 Å². The quantitative estimate of drug-likeness (QED) is 0.861. The van der Waals surface area contributed by atoms with Gasteiger partial charge in [-0.1, -0.05) is 0 Å². The zero-order valence-corrected chi connectivity index (χ0v) is 11.0. The molecule has 0 aromatic carbocycles. The van der Waals surface area contributed by atoms with Crippen LogP contribution in [0.15, 0.2) is 10.9 Å².